The summed E-state index contributed by atoms with van der Waals surface area (Å²) in [6.07, 6.45) is 0. The largest absolute Gasteiger partial charge is 0.313 e. The molecule has 0 bridgehead atoms. The van der Waals surface area contributed by atoms with Gasteiger partial charge in [-0.15, -0.1) is 0 Å². The molecule has 0 aliphatic rings. The van der Waals surface area contributed by atoms with Crippen LogP contribution >= 0.6 is 11.6 Å². The Morgan fingerprint density at radius 3 is 2.31 bits per heavy atom. The van der Waals surface area contributed by atoms with Gasteiger partial charge in [0.15, 0.2) is 0 Å². The van der Waals surface area contributed by atoms with Gasteiger partial charge in [0, 0.05) is 17.6 Å². The topological polar surface area (TPSA) is 29.1 Å². The van der Waals surface area contributed by atoms with Crippen molar-refractivity contribution >= 4 is 17.4 Å². The van der Waals surface area contributed by atoms with Gasteiger partial charge in [-0.05, 0) is 24.6 Å². The van der Waals surface area contributed by atoms with E-state index < -0.39 is 0 Å². The standard InChI is InChI=1S/C13H18ClNO/c1-9(2)15-8-13(10(3)16)11-4-6-12(14)7-5-11/h4-7,9,13,15H,8H2,1-3H3/t13-/m1/s1. The maximum absolute atomic E-state index is 11.6. The minimum absolute atomic E-state index is 0.0836. The molecule has 3 heteroatoms. The van der Waals surface area contributed by atoms with Gasteiger partial charge in [0.05, 0.1) is 5.92 Å². The van der Waals surface area contributed by atoms with Gasteiger partial charge in [-0.25, -0.2) is 0 Å². The summed E-state index contributed by atoms with van der Waals surface area (Å²) in [7, 11) is 0. The van der Waals surface area contributed by atoms with Crippen LogP contribution in [0.4, 0.5) is 0 Å². The van der Waals surface area contributed by atoms with Gasteiger partial charge in [0.1, 0.15) is 5.78 Å². The average molecular weight is 240 g/mol. The van der Waals surface area contributed by atoms with Crippen LogP contribution in [0.15, 0.2) is 24.3 Å². The Kier molecular flexibility index (Phi) is 4.97. The zero-order valence-electron chi connectivity index (χ0n) is 9.96. The number of hydrogen-bond donors (Lipinski definition) is 1. The summed E-state index contributed by atoms with van der Waals surface area (Å²) in [6.45, 7) is 6.44. The smallest absolute Gasteiger partial charge is 0.138 e. The van der Waals surface area contributed by atoms with Gasteiger partial charge >= 0.3 is 0 Å². The first-order valence-electron chi connectivity index (χ1n) is 5.50. The third-order valence-corrected chi connectivity index (χ3v) is 2.75. The van der Waals surface area contributed by atoms with Crippen LogP contribution in [-0.2, 0) is 4.79 Å². The third kappa shape index (κ3) is 3.95. The van der Waals surface area contributed by atoms with E-state index in [2.05, 4.69) is 19.2 Å². The van der Waals surface area contributed by atoms with E-state index in [0.717, 1.165) is 5.56 Å². The lowest BCUT2D eigenvalue weighted by atomic mass is 9.95. The van der Waals surface area contributed by atoms with Crippen molar-refractivity contribution in [2.24, 2.45) is 0 Å². The molecule has 1 atom stereocenters. The highest BCUT2D eigenvalue weighted by molar-refractivity contribution is 6.30. The van der Waals surface area contributed by atoms with Gasteiger partial charge in [-0.1, -0.05) is 37.6 Å². The quantitative estimate of drug-likeness (QED) is 0.856. The molecule has 0 fully saturated rings. The molecule has 0 saturated carbocycles. The third-order valence-electron chi connectivity index (χ3n) is 2.49. The first-order chi connectivity index (χ1) is 7.50. The van der Waals surface area contributed by atoms with Gasteiger partial charge in [0.2, 0.25) is 0 Å². The Bertz CT molecular complexity index is 345. The van der Waals surface area contributed by atoms with Crippen molar-refractivity contribution in [2.75, 3.05) is 6.54 Å². The molecule has 0 radical (unpaired) electrons. The molecule has 1 aromatic rings. The molecule has 0 unspecified atom stereocenters. The Hall–Kier alpha value is -0.860. The van der Waals surface area contributed by atoms with Crippen LogP contribution in [0.2, 0.25) is 5.02 Å². The second-order valence-corrected chi connectivity index (χ2v) is 4.71. The van der Waals surface area contributed by atoms with Crippen LogP contribution in [0.5, 0.6) is 0 Å². The molecule has 0 spiro atoms. The van der Waals surface area contributed by atoms with Crippen molar-refractivity contribution < 1.29 is 4.79 Å². The fourth-order valence-corrected chi connectivity index (χ4v) is 1.67. The van der Waals surface area contributed by atoms with E-state index in [-0.39, 0.29) is 11.7 Å². The van der Waals surface area contributed by atoms with E-state index >= 15 is 0 Å². The molecule has 0 aromatic heterocycles. The van der Waals surface area contributed by atoms with E-state index in [9.17, 15) is 4.79 Å². The van der Waals surface area contributed by atoms with Crippen molar-refractivity contribution in [2.45, 2.75) is 32.7 Å². The zero-order valence-corrected chi connectivity index (χ0v) is 10.7. The number of benzene rings is 1. The summed E-state index contributed by atoms with van der Waals surface area (Å²) in [4.78, 5) is 11.6. The highest BCUT2D eigenvalue weighted by atomic mass is 35.5. The van der Waals surface area contributed by atoms with Crippen molar-refractivity contribution in [3.63, 3.8) is 0 Å². The lowest BCUT2D eigenvalue weighted by Crippen LogP contribution is -2.30. The first-order valence-corrected chi connectivity index (χ1v) is 5.87. The summed E-state index contributed by atoms with van der Waals surface area (Å²) < 4.78 is 0. The minimum Gasteiger partial charge on any atom is -0.313 e. The molecule has 0 amide bonds. The fourth-order valence-electron chi connectivity index (χ4n) is 1.54. The summed E-state index contributed by atoms with van der Waals surface area (Å²) in [5, 5.41) is 3.98. The van der Waals surface area contributed by atoms with Gasteiger partial charge in [0.25, 0.3) is 0 Å². The van der Waals surface area contributed by atoms with E-state index in [4.69, 9.17) is 11.6 Å². The number of nitrogens with one attached hydrogen (secondary N) is 1. The van der Waals surface area contributed by atoms with Crippen molar-refractivity contribution in [1.29, 1.82) is 0 Å². The minimum atomic E-state index is -0.0836. The van der Waals surface area contributed by atoms with Crippen molar-refractivity contribution in [1.82, 2.24) is 5.32 Å². The van der Waals surface area contributed by atoms with Crippen LogP contribution in [0.25, 0.3) is 0 Å². The lowest BCUT2D eigenvalue weighted by Gasteiger charge is -2.17. The Morgan fingerprint density at radius 1 is 1.31 bits per heavy atom. The van der Waals surface area contributed by atoms with Crippen LogP contribution in [0.1, 0.15) is 32.3 Å². The van der Waals surface area contributed by atoms with Crippen LogP contribution < -0.4 is 5.32 Å². The maximum atomic E-state index is 11.6. The molecule has 1 N–H and O–H groups in total. The summed E-state index contributed by atoms with van der Waals surface area (Å²) >= 11 is 5.82. The summed E-state index contributed by atoms with van der Waals surface area (Å²) in [6, 6.07) is 7.85. The number of halogens is 1. The molecule has 0 aliphatic carbocycles. The molecule has 1 rings (SSSR count). The van der Waals surface area contributed by atoms with Crippen molar-refractivity contribution in [3.05, 3.63) is 34.9 Å². The predicted molar refractivity (Wildman–Crippen MR) is 68.0 cm³/mol. The molecule has 0 aliphatic heterocycles. The zero-order chi connectivity index (χ0) is 12.1. The first kappa shape index (κ1) is 13.2. The molecule has 0 heterocycles. The lowest BCUT2D eigenvalue weighted by molar-refractivity contribution is -0.118. The van der Waals surface area contributed by atoms with E-state index in [1.807, 2.05) is 24.3 Å². The molecule has 1 aromatic carbocycles. The van der Waals surface area contributed by atoms with Crippen LogP contribution in [0.3, 0.4) is 0 Å². The SMILES string of the molecule is CC(=O)[C@@H](CNC(C)C)c1ccc(Cl)cc1. The van der Waals surface area contributed by atoms with E-state index in [1.165, 1.54) is 0 Å². The summed E-state index contributed by atoms with van der Waals surface area (Å²) in [5.74, 6) is 0.0927. The monoisotopic (exact) mass is 239 g/mol. The Balaban J connectivity index is 2.77. The highest BCUT2D eigenvalue weighted by Crippen LogP contribution is 2.19. The molecular weight excluding hydrogens is 222 g/mol. The maximum Gasteiger partial charge on any atom is 0.138 e. The van der Waals surface area contributed by atoms with E-state index in [1.54, 1.807) is 6.92 Å². The number of ketones is 1. The highest BCUT2D eigenvalue weighted by Gasteiger charge is 2.16. The van der Waals surface area contributed by atoms with E-state index in [0.29, 0.717) is 17.6 Å². The Morgan fingerprint density at radius 2 is 1.88 bits per heavy atom. The van der Waals surface area contributed by atoms with Gasteiger partial charge < -0.3 is 5.32 Å². The Labute approximate surface area is 102 Å². The fraction of sp³-hybridized carbons (Fsp3) is 0.462. The number of hydrogen-bond acceptors (Lipinski definition) is 2. The van der Waals surface area contributed by atoms with Gasteiger partial charge in [-0.3, -0.25) is 4.79 Å². The second kappa shape index (κ2) is 6.02. The number of carbonyl (C=O) groups excluding carboxylic acids is 1. The molecule has 16 heavy (non-hydrogen) atoms. The average Bonchev–Trinajstić information content (AvgIpc) is 2.20. The number of rotatable bonds is 5. The number of carbonyl (C=O) groups is 1. The number of Topliss-reactive ketones (excluding diaryl/α,β-unsaturated/α-hetero) is 1. The summed E-state index contributed by atoms with van der Waals surface area (Å²) in [5.41, 5.74) is 1.02. The normalized spacial score (nSPS) is 12.8. The predicted octanol–water partition coefficient (Wildman–Crippen LogP) is 3.01. The second-order valence-electron chi connectivity index (χ2n) is 4.28. The van der Waals surface area contributed by atoms with Crippen molar-refractivity contribution in [3.8, 4) is 0 Å². The molecule has 2 nitrogen and oxygen atoms in total. The molecular formula is C13H18ClNO. The van der Waals surface area contributed by atoms with Crippen LogP contribution in [0, 0.1) is 0 Å². The molecule has 88 valence electrons. The van der Waals surface area contributed by atoms with Crippen LogP contribution in [-0.4, -0.2) is 18.4 Å². The van der Waals surface area contributed by atoms with Gasteiger partial charge in [-0.2, -0.15) is 0 Å². The molecule has 0 saturated heterocycles.